The van der Waals surface area contributed by atoms with Crippen LogP contribution in [-0.4, -0.2) is 30.3 Å². The maximum Gasteiger partial charge on any atom is 0.315 e. The maximum absolute atomic E-state index is 11.2. The minimum absolute atomic E-state index is 0.0801. The number of nitrogens with one attached hydrogen (secondary N) is 2. The highest BCUT2D eigenvalue weighted by atomic mass is 16.3. The molecule has 4 nitrogen and oxygen atoms in total. The highest BCUT2D eigenvalue weighted by Gasteiger charge is 2.24. The summed E-state index contributed by atoms with van der Waals surface area (Å²) in [5.74, 6) is 0. The fourth-order valence-corrected chi connectivity index (χ4v) is 0.840. The molecule has 0 aromatic carbocycles. The van der Waals surface area contributed by atoms with Gasteiger partial charge in [0.05, 0.1) is 0 Å². The number of aliphatic hydroxyl groups is 1. The first-order valence-electron chi connectivity index (χ1n) is 4.69. The number of hydrogen-bond donors (Lipinski definition) is 3. The van der Waals surface area contributed by atoms with Crippen LogP contribution in [0.5, 0.6) is 0 Å². The third kappa shape index (κ3) is 4.12. The first-order valence-corrected chi connectivity index (χ1v) is 4.69. The Labute approximate surface area is 78.7 Å². The van der Waals surface area contributed by atoms with E-state index >= 15 is 0 Å². The summed E-state index contributed by atoms with van der Waals surface area (Å²) >= 11 is 0. The average Bonchev–Trinajstić information content (AvgIpc) is 2.85. The zero-order valence-electron chi connectivity index (χ0n) is 8.26. The first-order chi connectivity index (χ1) is 6.03. The van der Waals surface area contributed by atoms with Crippen LogP contribution in [0.2, 0.25) is 0 Å². The summed E-state index contributed by atoms with van der Waals surface area (Å²) in [4.78, 5) is 11.2. The SMILES string of the molecule is CC(C)(CO)CNC(=O)NC1CC1. The van der Waals surface area contributed by atoms with Crippen LogP contribution in [0, 0.1) is 5.41 Å². The lowest BCUT2D eigenvalue weighted by atomic mass is 9.95. The van der Waals surface area contributed by atoms with E-state index in [2.05, 4.69) is 10.6 Å². The van der Waals surface area contributed by atoms with Gasteiger partial charge in [0.2, 0.25) is 0 Å². The quantitative estimate of drug-likeness (QED) is 0.597. The number of aliphatic hydroxyl groups excluding tert-OH is 1. The van der Waals surface area contributed by atoms with Gasteiger partial charge in [0, 0.05) is 24.6 Å². The lowest BCUT2D eigenvalue weighted by Gasteiger charge is -2.21. The van der Waals surface area contributed by atoms with Gasteiger partial charge in [-0.15, -0.1) is 0 Å². The van der Waals surface area contributed by atoms with Crippen LogP contribution in [0.15, 0.2) is 0 Å². The number of carbonyl (C=O) groups is 1. The fraction of sp³-hybridized carbons (Fsp3) is 0.889. The standard InChI is InChI=1S/C9H18N2O2/c1-9(2,6-12)5-10-8(13)11-7-3-4-7/h7,12H,3-6H2,1-2H3,(H2,10,11,13). The van der Waals surface area contributed by atoms with Crippen LogP contribution < -0.4 is 10.6 Å². The molecule has 0 bridgehead atoms. The Morgan fingerprint density at radius 2 is 2.15 bits per heavy atom. The van der Waals surface area contributed by atoms with E-state index in [1.807, 2.05) is 13.8 Å². The molecule has 76 valence electrons. The molecule has 0 atom stereocenters. The summed E-state index contributed by atoms with van der Waals surface area (Å²) in [7, 11) is 0. The molecule has 1 fully saturated rings. The van der Waals surface area contributed by atoms with E-state index in [0.29, 0.717) is 12.6 Å². The van der Waals surface area contributed by atoms with E-state index in [1.165, 1.54) is 0 Å². The normalized spacial score (nSPS) is 16.8. The zero-order chi connectivity index (χ0) is 9.90. The van der Waals surface area contributed by atoms with Crippen LogP contribution in [0.3, 0.4) is 0 Å². The molecular weight excluding hydrogens is 168 g/mol. The monoisotopic (exact) mass is 186 g/mol. The van der Waals surface area contributed by atoms with Gasteiger partial charge in [-0.05, 0) is 12.8 Å². The number of rotatable bonds is 4. The van der Waals surface area contributed by atoms with Crippen LogP contribution >= 0.6 is 0 Å². The van der Waals surface area contributed by atoms with Crippen molar-refractivity contribution in [2.24, 2.45) is 5.41 Å². The smallest absolute Gasteiger partial charge is 0.315 e. The van der Waals surface area contributed by atoms with Gasteiger partial charge in [-0.25, -0.2) is 4.79 Å². The van der Waals surface area contributed by atoms with Crippen molar-refractivity contribution in [2.75, 3.05) is 13.2 Å². The van der Waals surface area contributed by atoms with Crippen LogP contribution in [-0.2, 0) is 0 Å². The molecule has 0 spiro atoms. The van der Waals surface area contributed by atoms with Crippen molar-refractivity contribution < 1.29 is 9.90 Å². The predicted octanol–water partition coefficient (Wildman–Crippen LogP) is 0.466. The summed E-state index contributed by atoms with van der Waals surface area (Å²) < 4.78 is 0. The number of carbonyl (C=O) groups excluding carboxylic acids is 1. The first kappa shape index (κ1) is 10.3. The molecule has 0 unspecified atom stereocenters. The summed E-state index contributed by atoms with van der Waals surface area (Å²) in [5.41, 5.74) is -0.235. The Morgan fingerprint density at radius 1 is 1.54 bits per heavy atom. The van der Waals surface area contributed by atoms with Gasteiger partial charge in [-0.3, -0.25) is 0 Å². The molecule has 0 aromatic heterocycles. The van der Waals surface area contributed by atoms with Gasteiger partial charge in [0.1, 0.15) is 0 Å². The van der Waals surface area contributed by atoms with E-state index in [0.717, 1.165) is 12.8 Å². The summed E-state index contributed by atoms with van der Waals surface area (Å²) in [6, 6.07) is 0.265. The van der Waals surface area contributed by atoms with E-state index in [1.54, 1.807) is 0 Å². The molecule has 13 heavy (non-hydrogen) atoms. The summed E-state index contributed by atoms with van der Waals surface area (Å²) in [6.07, 6.45) is 2.19. The van der Waals surface area contributed by atoms with Gasteiger partial charge in [0.15, 0.2) is 0 Å². The van der Waals surface area contributed by atoms with Crippen LogP contribution in [0.4, 0.5) is 4.79 Å². The van der Waals surface area contributed by atoms with Crippen molar-refractivity contribution in [1.82, 2.24) is 10.6 Å². The minimum Gasteiger partial charge on any atom is -0.396 e. The van der Waals surface area contributed by atoms with Crippen molar-refractivity contribution in [3.8, 4) is 0 Å². The largest absolute Gasteiger partial charge is 0.396 e. The van der Waals surface area contributed by atoms with E-state index in [9.17, 15) is 4.79 Å². The molecule has 2 amide bonds. The van der Waals surface area contributed by atoms with E-state index in [-0.39, 0.29) is 18.1 Å². The molecule has 1 aliphatic rings. The summed E-state index contributed by atoms with van der Waals surface area (Å²) in [6.45, 7) is 4.40. The summed E-state index contributed by atoms with van der Waals surface area (Å²) in [5, 5.41) is 14.5. The lowest BCUT2D eigenvalue weighted by Crippen LogP contribution is -2.42. The van der Waals surface area contributed by atoms with Crippen LogP contribution in [0.25, 0.3) is 0 Å². The Bertz CT molecular complexity index is 188. The molecule has 0 radical (unpaired) electrons. The zero-order valence-corrected chi connectivity index (χ0v) is 8.26. The van der Waals surface area contributed by atoms with E-state index in [4.69, 9.17) is 5.11 Å². The minimum atomic E-state index is -0.235. The van der Waals surface area contributed by atoms with E-state index < -0.39 is 0 Å². The van der Waals surface area contributed by atoms with Gasteiger partial charge >= 0.3 is 6.03 Å². The van der Waals surface area contributed by atoms with Gasteiger partial charge in [-0.1, -0.05) is 13.8 Å². The third-order valence-electron chi connectivity index (χ3n) is 2.07. The molecule has 3 N–H and O–H groups in total. The topological polar surface area (TPSA) is 61.4 Å². The molecule has 0 heterocycles. The Balaban J connectivity index is 2.13. The molecule has 0 aromatic rings. The van der Waals surface area contributed by atoms with Crippen molar-refractivity contribution in [2.45, 2.75) is 32.7 Å². The van der Waals surface area contributed by atoms with Crippen LogP contribution in [0.1, 0.15) is 26.7 Å². The second-order valence-corrected chi connectivity index (χ2v) is 4.42. The van der Waals surface area contributed by atoms with Crippen molar-refractivity contribution >= 4 is 6.03 Å². The fourth-order valence-electron chi connectivity index (χ4n) is 0.840. The van der Waals surface area contributed by atoms with Crippen molar-refractivity contribution in [1.29, 1.82) is 0 Å². The maximum atomic E-state index is 11.2. The Morgan fingerprint density at radius 3 is 2.62 bits per heavy atom. The van der Waals surface area contributed by atoms with Gasteiger partial charge in [-0.2, -0.15) is 0 Å². The molecule has 1 rings (SSSR count). The highest BCUT2D eigenvalue weighted by Crippen LogP contribution is 2.18. The lowest BCUT2D eigenvalue weighted by molar-refractivity contribution is 0.157. The molecular formula is C9H18N2O2. The molecule has 4 heteroatoms. The molecule has 1 aliphatic carbocycles. The second-order valence-electron chi connectivity index (χ2n) is 4.42. The van der Waals surface area contributed by atoms with Crippen molar-refractivity contribution in [3.05, 3.63) is 0 Å². The highest BCUT2D eigenvalue weighted by molar-refractivity contribution is 5.74. The number of amides is 2. The molecule has 0 aliphatic heterocycles. The third-order valence-corrected chi connectivity index (χ3v) is 2.07. The molecule has 0 saturated heterocycles. The second kappa shape index (κ2) is 3.96. The Kier molecular flexibility index (Phi) is 3.14. The predicted molar refractivity (Wildman–Crippen MR) is 50.4 cm³/mol. The van der Waals surface area contributed by atoms with Crippen molar-refractivity contribution in [3.63, 3.8) is 0 Å². The molecule has 1 saturated carbocycles. The Hall–Kier alpha value is -0.770. The van der Waals surface area contributed by atoms with Gasteiger partial charge < -0.3 is 15.7 Å². The number of urea groups is 1. The average molecular weight is 186 g/mol. The number of hydrogen-bond acceptors (Lipinski definition) is 2. The van der Waals surface area contributed by atoms with Gasteiger partial charge in [0.25, 0.3) is 0 Å².